The van der Waals surface area contributed by atoms with Gasteiger partial charge < -0.3 is 9.84 Å². The van der Waals surface area contributed by atoms with E-state index < -0.39 is 0 Å². The summed E-state index contributed by atoms with van der Waals surface area (Å²) in [5.41, 5.74) is 0.600. The Bertz CT molecular complexity index is 561. The smallest absolute Gasteiger partial charge is 0.246 e. The number of benzene rings is 1. The van der Waals surface area contributed by atoms with Crippen LogP contribution in [0.25, 0.3) is 11.4 Å². The van der Waals surface area contributed by atoms with Crippen molar-refractivity contribution >= 4 is 11.6 Å². The lowest BCUT2D eigenvalue weighted by atomic mass is 10.0. The van der Waals surface area contributed by atoms with Crippen molar-refractivity contribution in [2.24, 2.45) is 0 Å². The van der Waals surface area contributed by atoms with E-state index in [1.807, 2.05) is 24.3 Å². The van der Waals surface area contributed by atoms with Gasteiger partial charge in [-0.05, 0) is 38.4 Å². The van der Waals surface area contributed by atoms with Gasteiger partial charge in [-0.1, -0.05) is 28.9 Å². The summed E-state index contributed by atoms with van der Waals surface area (Å²) in [6.45, 7) is 3.07. The highest BCUT2D eigenvalue weighted by atomic mass is 35.5. The summed E-state index contributed by atoms with van der Waals surface area (Å²) < 4.78 is 5.38. The molecule has 0 aliphatic carbocycles. The topological polar surface area (TPSA) is 51.0 Å². The number of hydrogen-bond acceptors (Lipinski definition) is 4. The van der Waals surface area contributed by atoms with Crippen molar-refractivity contribution in [2.75, 3.05) is 6.54 Å². The Morgan fingerprint density at radius 2 is 2.22 bits per heavy atom. The van der Waals surface area contributed by atoms with Gasteiger partial charge in [0.2, 0.25) is 11.7 Å². The van der Waals surface area contributed by atoms with Gasteiger partial charge in [0.15, 0.2) is 0 Å². The molecule has 0 radical (unpaired) electrons. The molecule has 0 saturated carbocycles. The summed E-state index contributed by atoms with van der Waals surface area (Å²) in [6, 6.07) is 7.50. The largest absolute Gasteiger partial charge is 0.337 e. The predicted molar refractivity (Wildman–Crippen MR) is 69.3 cm³/mol. The van der Waals surface area contributed by atoms with Gasteiger partial charge in [0.05, 0.1) is 10.6 Å². The van der Waals surface area contributed by atoms with Crippen molar-refractivity contribution in [3.63, 3.8) is 0 Å². The van der Waals surface area contributed by atoms with Crippen LogP contribution < -0.4 is 5.32 Å². The molecule has 94 valence electrons. The average molecular weight is 264 g/mol. The Kier molecular flexibility index (Phi) is 2.84. The molecule has 5 heteroatoms. The number of nitrogens with zero attached hydrogens (tertiary/aromatic N) is 2. The molecule has 1 fully saturated rings. The highest BCUT2D eigenvalue weighted by molar-refractivity contribution is 6.33. The van der Waals surface area contributed by atoms with Crippen molar-refractivity contribution in [2.45, 2.75) is 25.3 Å². The quantitative estimate of drug-likeness (QED) is 0.905. The first kappa shape index (κ1) is 11.7. The van der Waals surface area contributed by atoms with E-state index in [4.69, 9.17) is 16.1 Å². The minimum Gasteiger partial charge on any atom is -0.337 e. The lowest BCUT2D eigenvalue weighted by Gasteiger charge is -2.18. The monoisotopic (exact) mass is 263 g/mol. The molecule has 1 aromatic carbocycles. The molecule has 1 N–H and O–H groups in total. The second-order valence-electron chi connectivity index (χ2n) is 4.77. The molecule has 1 atom stereocenters. The van der Waals surface area contributed by atoms with Crippen LogP contribution in [0.5, 0.6) is 0 Å². The van der Waals surface area contributed by atoms with Gasteiger partial charge in [-0.25, -0.2) is 0 Å². The highest BCUT2D eigenvalue weighted by Gasteiger charge is 2.35. The molecule has 1 unspecified atom stereocenters. The second-order valence-corrected chi connectivity index (χ2v) is 5.17. The Balaban J connectivity index is 1.97. The van der Waals surface area contributed by atoms with Crippen molar-refractivity contribution < 1.29 is 4.52 Å². The minimum absolute atomic E-state index is 0.202. The van der Waals surface area contributed by atoms with Gasteiger partial charge in [0.1, 0.15) is 0 Å². The summed E-state index contributed by atoms with van der Waals surface area (Å²) in [5.74, 6) is 1.18. The maximum atomic E-state index is 6.13. The number of halogens is 1. The Hall–Kier alpha value is -1.39. The first-order valence-electron chi connectivity index (χ1n) is 6.03. The summed E-state index contributed by atoms with van der Waals surface area (Å²) >= 11 is 6.13. The SMILES string of the molecule is CC1(c2nc(-c3ccccc3Cl)no2)CCCN1. The van der Waals surface area contributed by atoms with Gasteiger partial charge in [0.25, 0.3) is 0 Å². The van der Waals surface area contributed by atoms with Gasteiger partial charge >= 0.3 is 0 Å². The van der Waals surface area contributed by atoms with E-state index in [1.54, 1.807) is 0 Å². The minimum atomic E-state index is -0.202. The molecule has 1 aliphatic heterocycles. The molecule has 0 amide bonds. The molecule has 2 aromatic rings. The van der Waals surface area contributed by atoms with E-state index in [0.29, 0.717) is 16.7 Å². The van der Waals surface area contributed by atoms with Crippen molar-refractivity contribution in [1.29, 1.82) is 0 Å². The first-order chi connectivity index (χ1) is 8.69. The molecular formula is C13H14ClN3O. The summed E-state index contributed by atoms with van der Waals surface area (Å²) in [4.78, 5) is 4.47. The van der Waals surface area contributed by atoms with Crippen LogP contribution in [0, 0.1) is 0 Å². The van der Waals surface area contributed by atoms with Gasteiger partial charge in [-0.15, -0.1) is 0 Å². The fraction of sp³-hybridized carbons (Fsp3) is 0.385. The maximum Gasteiger partial charge on any atom is 0.246 e. The number of aromatic nitrogens is 2. The zero-order chi connectivity index (χ0) is 12.6. The van der Waals surface area contributed by atoms with Crippen molar-refractivity contribution in [3.8, 4) is 11.4 Å². The van der Waals surface area contributed by atoms with Gasteiger partial charge in [-0.2, -0.15) is 4.98 Å². The van der Waals surface area contributed by atoms with E-state index >= 15 is 0 Å². The van der Waals surface area contributed by atoms with Crippen LogP contribution in [0.4, 0.5) is 0 Å². The summed E-state index contributed by atoms with van der Waals surface area (Å²) in [6.07, 6.45) is 2.14. The van der Waals surface area contributed by atoms with Crippen LogP contribution in [-0.4, -0.2) is 16.7 Å². The zero-order valence-corrected chi connectivity index (χ0v) is 10.9. The predicted octanol–water partition coefficient (Wildman–Crippen LogP) is 2.99. The number of hydrogen-bond donors (Lipinski definition) is 1. The lowest BCUT2D eigenvalue weighted by molar-refractivity contribution is 0.275. The van der Waals surface area contributed by atoms with Crippen LogP contribution in [0.1, 0.15) is 25.7 Å². The normalized spacial score (nSPS) is 23.4. The van der Waals surface area contributed by atoms with Crippen LogP contribution in [0.3, 0.4) is 0 Å². The number of nitrogens with one attached hydrogen (secondary N) is 1. The Morgan fingerprint density at radius 1 is 1.39 bits per heavy atom. The molecule has 2 heterocycles. The van der Waals surface area contributed by atoms with E-state index in [9.17, 15) is 0 Å². The molecular weight excluding hydrogens is 250 g/mol. The van der Waals surface area contributed by atoms with E-state index in [-0.39, 0.29) is 5.54 Å². The standard InChI is InChI=1S/C13H14ClN3O/c1-13(7-4-8-15-13)12-16-11(17-18-12)9-5-2-3-6-10(9)14/h2-3,5-6,15H,4,7-8H2,1H3. The van der Waals surface area contributed by atoms with Crippen LogP contribution in [0.15, 0.2) is 28.8 Å². The maximum absolute atomic E-state index is 6.13. The van der Waals surface area contributed by atoms with Gasteiger partial charge in [0, 0.05) is 5.56 Å². The van der Waals surface area contributed by atoms with E-state index in [1.165, 1.54) is 0 Å². The molecule has 0 spiro atoms. The molecule has 3 rings (SSSR count). The molecule has 1 saturated heterocycles. The fourth-order valence-corrected chi connectivity index (χ4v) is 2.50. The third-order valence-electron chi connectivity index (χ3n) is 3.38. The van der Waals surface area contributed by atoms with Crippen LogP contribution in [-0.2, 0) is 5.54 Å². The van der Waals surface area contributed by atoms with Crippen molar-refractivity contribution in [3.05, 3.63) is 35.2 Å². The van der Waals surface area contributed by atoms with Crippen LogP contribution >= 0.6 is 11.6 Å². The molecule has 18 heavy (non-hydrogen) atoms. The first-order valence-corrected chi connectivity index (χ1v) is 6.41. The van der Waals surface area contributed by atoms with Gasteiger partial charge in [-0.3, -0.25) is 0 Å². The summed E-state index contributed by atoms with van der Waals surface area (Å²) in [7, 11) is 0. The van der Waals surface area contributed by atoms with E-state index in [2.05, 4.69) is 22.4 Å². The lowest BCUT2D eigenvalue weighted by Crippen LogP contribution is -2.33. The highest BCUT2D eigenvalue weighted by Crippen LogP contribution is 2.31. The third-order valence-corrected chi connectivity index (χ3v) is 3.71. The Morgan fingerprint density at radius 3 is 2.94 bits per heavy atom. The summed E-state index contributed by atoms with van der Waals surface area (Å²) in [5, 5.41) is 8.06. The Labute approximate surface area is 110 Å². The molecule has 0 bridgehead atoms. The van der Waals surface area contributed by atoms with Crippen molar-refractivity contribution in [1.82, 2.24) is 15.5 Å². The van der Waals surface area contributed by atoms with E-state index in [0.717, 1.165) is 24.9 Å². The zero-order valence-electron chi connectivity index (χ0n) is 10.1. The number of rotatable bonds is 2. The second kappa shape index (κ2) is 4.37. The average Bonchev–Trinajstić information content (AvgIpc) is 2.99. The molecule has 4 nitrogen and oxygen atoms in total. The van der Waals surface area contributed by atoms with Crippen LogP contribution in [0.2, 0.25) is 5.02 Å². The third kappa shape index (κ3) is 1.91. The molecule has 1 aromatic heterocycles. The molecule has 1 aliphatic rings. The fourth-order valence-electron chi connectivity index (χ4n) is 2.28.